The molecule has 1 saturated heterocycles. The Morgan fingerprint density at radius 2 is 2.00 bits per heavy atom. The number of anilines is 1. The molecule has 3 heterocycles. The molecule has 0 aliphatic carbocycles. The normalized spacial score (nSPS) is 18.6. The van der Waals surface area contributed by atoms with Crippen LogP contribution in [-0.2, 0) is 11.3 Å². The van der Waals surface area contributed by atoms with Gasteiger partial charge in [0.1, 0.15) is 5.69 Å². The Morgan fingerprint density at radius 3 is 2.71 bits per heavy atom. The van der Waals surface area contributed by atoms with Crippen LogP contribution in [0.25, 0.3) is 5.69 Å². The number of ether oxygens (including phenoxy) is 1. The Balaban J connectivity index is 1.54. The summed E-state index contributed by atoms with van der Waals surface area (Å²) in [6.45, 7) is 7.86. The van der Waals surface area contributed by atoms with Crippen molar-refractivity contribution in [2.24, 2.45) is 0 Å². The van der Waals surface area contributed by atoms with Gasteiger partial charge in [0.05, 0.1) is 22.8 Å². The summed E-state index contributed by atoms with van der Waals surface area (Å²) in [4.78, 5) is 42.9. The number of benzene rings is 1. The highest BCUT2D eigenvalue weighted by atomic mass is 32.1. The summed E-state index contributed by atoms with van der Waals surface area (Å²) in [6, 6.07) is 7.22. The summed E-state index contributed by atoms with van der Waals surface area (Å²) in [6.07, 6.45) is 0.272. The molecule has 2 unspecified atom stereocenters. The average Bonchev–Trinajstić information content (AvgIpc) is 3.19. The minimum Gasteiger partial charge on any atom is -0.373 e. The summed E-state index contributed by atoms with van der Waals surface area (Å²) in [5, 5.41) is 20.4. The average molecular weight is 485 g/mol. The van der Waals surface area contributed by atoms with Gasteiger partial charge in [0.25, 0.3) is 11.6 Å². The molecule has 4 rings (SSSR count). The molecule has 3 aromatic rings. The van der Waals surface area contributed by atoms with Gasteiger partial charge < -0.3 is 4.74 Å². The van der Waals surface area contributed by atoms with Crippen LogP contribution in [0.5, 0.6) is 0 Å². The van der Waals surface area contributed by atoms with Gasteiger partial charge in [-0.25, -0.2) is 9.67 Å². The number of carbonyl (C=O) groups excluding carboxylic acids is 1. The van der Waals surface area contributed by atoms with Crippen LogP contribution in [0.2, 0.25) is 0 Å². The Labute approximate surface area is 199 Å². The van der Waals surface area contributed by atoms with E-state index in [-0.39, 0.29) is 29.3 Å². The number of aryl methyl sites for hydroxylation is 1. The first kappa shape index (κ1) is 23.7. The summed E-state index contributed by atoms with van der Waals surface area (Å²) in [5.41, 5.74) is 0.167. The van der Waals surface area contributed by atoms with Gasteiger partial charge in [-0.2, -0.15) is 5.10 Å². The molecular formula is C22H24N6O5S. The maximum Gasteiger partial charge on any atom is 0.294 e. The van der Waals surface area contributed by atoms with Crippen molar-refractivity contribution in [2.45, 2.75) is 39.5 Å². The molecule has 12 heteroatoms. The number of hydrogen-bond acceptors (Lipinski definition) is 9. The number of carbonyl (C=O) groups is 1. The van der Waals surface area contributed by atoms with Gasteiger partial charge in [-0.3, -0.25) is 29.9 Å². The second-order valence-electron chi connectivity index (χ2n) is 8.21. The zero-order valence-electron chi connectivity index (χ0n) is 18.9. The van der Waals surface area contributed by atoms with Gasteiger partial charge in [0.15, 0.2) is 10.8 Å². The number of rotatable bonds is 6. The van der Waals surface area contributed by atoms with Gasteiger partial charge in [-0.1, -0.05) is 12.1 Å². The zero-order valence-corrected chi connectivity index (χ0v) is 19.7. The third-order valence-electron chi connectivity index (χ3n) is 5.28. The highest BCUT2D eigenvalue weighted by Gasteiger charge is 2.24. The van der Waals surface area contributed by atoms with Crippen molar-refractivity contribution >= 4 is 28.1 Å². The van der Waals surface area contributed by atoms with Gasteiger partial charge in [-0.15, -0.1) is 11.3 Å². The van der Waals surface area contributed by atoms with Crippen LogP contribution in [-0.4, -0.2) is 55.8 Å². The molecule has 0 saturated carbocycles. The predicted octanol–water partition coefficient (Wildman–Crippen LogP) is 2.77. The van der Waals surface area contributed by atoms with E-state index >= 15 is 0 Å². The zero-order chi connectivity index (χ0) is 24.4. The van der Waals surface area contributed by atoms with E-state index in [2.05, 4.69) is 20.3 Å². The predicted molar refractivity (Wildman–Crippen MR) is 127 cm³/mol. The van der Waals surface area contributed by atoms with Crippen molar-refractivity contribution < 1.29 is 14.5 Å². The molecule has 1 aromatic carbocycles. The highest BCUT2D eigenvalue weighted by molar-refractivity contribution is 7.13. The summed E-state index contributed by atoms with van der Waals surface area (Å²) < 4.78 is 6.97. The standard InChI is InChI=1S/C22H24N6O5S/c1-13-8-19(29)20(25-27(13)17-6-4-5-7-18(17)28(31)32)21(30)24-22-23-16(12-34-22)11-26-9-14(2)33-15(3)10-26/h4-8,12,14-15H,9-11H2,1-3H3,(H,23,24,30). The number of thiazole rings is 1. The van der Waals surface area contributed by atoms with Gasteiger partial charge in [0, 0.05) is 42.8 Å². The van der Waals surface area contributed by atoms with Crippen LogP contribution in [0, 0.1) is 17.0 Å². The van der Waals surface area contributed by atoms with Crippen LogP contribution in [0.1, 0.15) is 35.7 Å². The fourth-order valence-corrected chi connectivity index (χ4v) is 4.68. The van der Waals surface area contributed by atoms with Crippen LogP contribution in [0.4, 0.5) is 10.8 Å². The minimum absolute atomic E-state index is 0.136. The van der Waals surface area contributed by atoms with Crippen molar-refractivity contribution in [3.05, 3.63) is 73.1 Å². The van der Waals surface area contributed by atoms with Crippen molar-refractivity contribution in [1.29, 1.82) is 0 Å². The number of nitrogens with one attached hydrogen (secondary N) is 1. The molecule has 2 atom stereocenters. The number of amides is 1. The summed E-state index contributed by atoms with van der Waals surface area (Å²) in [7, 11) is 0. The third-order valence-corrected chi connectivity index (χ3v) is 6.09. The van der Waals surface area contributed by atoms with E-state index in [1.165, 1.54) is 40.3 Å². The monoisotopic (exact) mass is 484 g/mol. The quantitative estimate of drug-likeness (QED) is 0.417. The number of morpholine rings is 1. The summed E-state index contributed by atoms with van der Waals surface area (Å²) in [5.74, 6) is -0.730. The SMILES string of the molecule is Cc1cc(=O)c(C(=O)Nc2nc(CN3CC(C)OC(C)C3)cs2)nn1-c1ccccc1[N+](=O)[O-]. The number of aromatic nitrogens is 3. The molecule has 0 bridgehead atoms. The van der Waals surface area contributed by atoms with Crippen LogP contribution in [0.15, 0.2) is 40.5 Å². The lowest BCUT2D eigenvalue weighted by Gasteiger charge is -2.34. The van der Waals surface area contributed by atoms with Crippen LogP contribution >= 0.6 is 11.3 Å². The van der Waals surface area contributed by atoms with E-state index in [4.69, 9.17) is 4.74 Å². The molecule has 34 heavy (non-hydrogen) atoms. The van der Waals surface area contributed by atoms with E-state index in [1.807, 2.05) is 19.2 Å². The Kier molecular flexibility index (Phi) is 6.82. The second kappa shape index (κ2) is 9.79. The van der Waals surface area contributed by atoms with E-state index in [0.29, 0.717) is 17.4 Å². The first-order valence-electron chi connectivity index (χ1n) is 10.7. The molecule has 178 valence electrons. The first-order chi connectivity index (χ1) is 16.2. The minimum atomic E-state index is -0.730. The maximum atomic E-state index is 12.9. The lowest BCUT2D eigenvalue weighted by atomic mass is 10.2. The van der Waals surface area contributed by atoms with E-state index in [1.54, 1.807) is 13.0 Å². The van der Waals surface area contributed by atoms with Gasteiger partial charge in [0.2, 0.25) is 5.43 Å². The molecule has 1 amide bonds. The lowest BCUT2D eigenvalue weighted by Crippen LogP contribution is -2.44. The second-order valence-corrected chi connectivity index (χ2v) is 9.06. The van der Waals surface area contributed by atoms with Gasteiger partial charge in [-0.05, 0) is 26.8 Å². The van der Waals surface area contributed by atoms with Gasteiger partial charge >= 0.3 is 0 Å². The molecule has 0 spiro atoms. The summed E-state index contributed by atoms with van der Waals surface area (Å²) >= 11 is 1.25. The van der Waals surface area contributed by atoms with E-state index < -0.39 is 16.3 Å². The molecule has 1 aliphatic heterocycles. The number of hydrogen-bond donors (Lipinski definition) is 1. The highest BCUT2D eigenvalue weighted by Crippen LogP contribution is 2.23. The first-order valence-corrected chi connectivity index (χ1v) is 11.6. The third kappa shape index (κ3) is 5.19. The molecule has 0 radical (unpaired) electrons. The van der Waals surface area contributed by atoms with Crippen molar-refractivity contribution in [3.8, 4) is 5.69 Å². The van der Waals surface area contributed by atoms with Crippen molar-refractivity contribution in [2.75, 3.05) is 18.4 Å². The topological polar surface area (TPSA) is 132 Å². The van der Waals surface area contributed by atoms with Crippen molar-refractivity contribution in [3.63, 3.8) is 0 Å². The van der Waals surface area contributed by atoms with Crippen LogP contribution < -0.4 is 10.7 Å². The van der Waals surface area contributed by atoms with Crippen molar-refractivity contribution in [1.82, 2.24) is 19.7 Å². The lowest BCUT2D eigenvalue weighted by molar-refractivity contribution is -0.384. The Morgan fingerprint density at radius 1 is 1.29 bits per heavy atom. The molecule has 2 aromatic heterocycles. The fraction of sp³-hybridized carbons (Fsp3) is 0.364. The fourth-order valence-electron chi connectivity index (χ4n) is 3.98. The maximum absolute atomic E-state index is 12.9. The number of nitro benzene ring substituents is 1. The molecule has 11 nitrogen and oxygen atoms in total. The largest absolute Gasteiger partial charge is 0.373 e. The van der Waals surface area contributed by atoms with Crippen LogP contribution in [0.3, 0.4) is 0 Å². The smallest absolute Gasteiger partial charge is 0.294 e. The van der Waals surface area contributed by atoms with E-state index in [0.717, 1.165) is 18.8 Å². The Hall–Kier alpha value is -3.48. The number of para-hydroxylation sites is 2. The molecule has 1 aliphatic rings. The molecular weight excluding hydrogens is 460 g/mol. The number of nitro groups is 1. The molecule has 1 N–H and O–H groups in total. The Bertz CT molecular complexity index is 1280. The molecule has 1 fully saturated rings. The van der Waals surface area contributed by atoms with E-state index in [9.17, 15) is 19.7 Å². The number of nitrogens with zero attached hydrogens (tertiary/aromatic N) is 5.